The number of urea groups is 1. The minimum absolute atomic E-state index is 0.306. The Kier molecular flexibility index (Phi) is 5.90. The summed E-state index contributed by atoms with van der Waals surface area (Å²) < 4.78 is 16.0. The van der Waals surface area contributed by atoms with Gasteiger partial charge in [-0.2, -0.15) is 0 Å². The van der Waals surface area contributed by atoms with E-state index >= 15 is 0 Å². The summed E-state index contributed by atoms with van der Waals surface area (Å²) in [6.07, 6.45) is 0.716. The van der Waals surface area contributed by atoms with Crippen molar-refractivity contribution in [2.45, 2.75) is 26.3 Å². The maximum absolute atomic E-state index is 12.6. The van der Waals surface area contributed by atoms with Gasteiger partial charge in [0.25, 0.3) is 0 Å². The summed E-state index contributed by atoms with van der Waals surface area (Å²) in [5, 5.41) is 2.84. The molecule has 1 aromatic rings. The van der Waals surface area contributed by atoms with Gasteiger partial charge in [-0.15, -0.1) is 0 Å². The van der Waals surface area contributed by atoms with Crippen molar-refractivity contribution in [1.82, 2.24) is 10.2 Å². The number of carbonyl (C=O) groups is 2. The van der Waals surface area contributed by atoms with Crippen molar-refractivity contribution in [3.05, 3.63) is 35.0 Å². The third kappa shape index (κ3) is 3.70. The summed E-state index contributed by atoms with van der Waals surface area (Å²) in [4.78, 5) is 26.3. The fourth-order valence-electron chi connectivity index (χ4n) is 2.67. The van der Waals surface area contributed by atoms with Crippen molar-refractivity contribution in [1.29, 1.82) is 0 Å². The second-order valence-corrected chi connectivity index (χ2v) is 5.68. The average Bonchev–Trinajstić information content (AvgIpc) is 2.63. The van der Waals surface area contributed by atoms with E-state index in [1.165, 1.54) is 12.0 Å². The van der Waals surface area contributed by atoms with Crippen molar-refractivity contribution >= 4 is 12.0 Å². The van der Waals surface area contributed by atoms with Crippen molar-refractivity contribution in [2.75, 3.05) is 27.9 Å². The number of hydrogen-bond acceptors (Lipinski definition) is 5. The SMILES string of the molecule is CCCOC(=O)C1=C(C)N(C)C(=O)N[C@H]1c1cc(OC)ccc1OC. The summed E-state index contributed by atoms with van der Waals surface area (Å²) in [7, 11) is 4.70. The number of rotatable bonds is 6. The van der Waals surface area contributed by atoms with Gasteiger partial charge in [0.1, 0.15) is 11.5 Å². The molecule has 0 radical (unpaired) electrons. The second-order valence-electron chi connectivity index (χ2n) is 5.68. The summed E-state index contributed by atoms with van der Waals surface area (Å²) in [6, 6.07) is 4.25. The third-order valence-corrected chi connectivity index (χ3v) is 4.16. The van der Waals surface area contributed by atoms with Gasteiger partial charge in [-0.05, 0) is 31.5 Å². The first-order valence-electron chi connectivity index (χ1n) is 8.08. The largest absolute Gasteiger partial charge is 0.497 e. The highest BCUT2D eigenvalue weighted by Crippen LogP contribution is 2.37. The number of benzene rings is 1. The van der Waals surface area contributed by atoms with Crippen LogP contribution in [0.4, 0.5) is 4.79 Å². The van der Waals surface area contributed by atoms with Crippen LogP contribution in [0.25, 0.3) is 0 Å². The third-order valence-electron chi connectivity index (χ3n) is 4.16. The van der Waals surface area contributed by atoms with Crippen LogP contribution in [0.2, 0.25) is 0 Å². The van der Waals surface area contributed by atoms with E-state index in [4.69, 9.17) is 14.2 Å². The van der Waals surface area contributed by atoms with Crippen molar-refractivity contribution in [2.24, 2.45) is 0 Å². The van der Waals surface area contributed by atoms with Crippen LogP contribution in [0.15, 0.2) is 29.5 Å². The molecular formula is C18H24N2O5. The molecule has 136 valence electrons. The Morgan fingerprint density at radius 1 is 1.28 bits per heavy atom. The van der Waals surface area contributed by atoms with Gasteiger partial charge in [0, 0.05) is 18.3 Å². The molecule has 0 unspecified atom stereocenters. The smallest absolute Gasteiger partial charge is 0.338 e. The summed E-state index contributed by atoms with van der Waals surface area (Å²) in [5.74, 6) is 0.688. The monoisotopic (exact) mass is 348 g/mol. The van der Waals surface area contributed by atoms with Crippen LogP contribution in [0.3, 0.4) is 0 Å². The van der Waals surface area contributed by atoms with E-state index in [0.717, 1.165) is 0 Å². The Morgan fingerprint density at radius 2 is 2.00 bits per heavy atom. The summed E-state index contributed by atoms with van der Waals surface area (Å²) in [5.41, 5.74) is 1.55. The van der Waals surface area contributed by atoms with Gasteiger partial charge in [0.2, 0.25) is 0 Å². The molecule has 0 spiro atoms. The fraction of sp³-hybridized carbons (Fsp3) is 0.444. The molecule has 0 saturated carbocycles. The molecule has 0 saturated heterocycles. The zero-order chi connectivity index (χ0) is 18.6. The lowest BCUT2D eigenvalue weighted by molar-refractivity contribution is -0.139. The Hall–Kier alpha value is -2.70. The van der Waals surface area contributed by atoms with Crippen molar-refractivity contribution in [3.63, 3.8) is 0 Å². The lowest BCUT2D eigenvalue weighted by atomic mass is 9.94. The van der Waals surface area contributed by atoms with E-state index in [1.54, 1.807) is 39.3 Å². The van der Waals surface area contributed by atoms with E-state index in [1.807, 2.05) is 6.92 Å². The molecule has 7 heteroatoms. The van der Waals surface area contributed by atoms with Crippen LogP contribution in [0, 0.1) is 0 Å². The van der Waals surface area contributed by atoms with Gasteiger partial charge < -0.3 is 24.4 Å². The number of amides is 2. The predicted molar refractivity (Wildman–Crippen MR) is 92.5 cm³/mol. The highest BCUT2D eigenvalue weighted by Gasteiger charge is 2.36. The first kappa shape index (κ1) is 18.6. The van der Waals surface area contributed by atoms with Gasteiger partial charge in [-0.3, -0.25) is 0 Å². The number of nitrogens with one attached hydrogen (secondary N) is 1. The van der Waals surface area contributed by atoms with Crippen LogP contribution in [0.1, 0.15) is 31.9 Å². The molecule has 7 nitrogen and oxygen atoms in total. The highest BCUT2D eigenvalue weighted by atomic mass is 16.5. The molecule has 25 heavy (non-hydrogen) atoms. The number of hydrogen-bond donors (Lipinski definition) is 1. The standard InChI is InChI=1S/C18H24N2O5/c1-6-9-25-17(21)15-11(2)20(3)18(22)19-16(15)13-10-12(23-4)7-8-14(13)24-5/h7-8,10,16H,6,9H2,1-5H3,(H,19,22)/t16-/m0/s1. The minimum atomic E-state index is -0.682. The zero-order valence-electron chi connectivity index (χ0n) is 15.2. The van der Waals surface area contributed by atoms with E-state index in [2.05, 4.69) is 5.32 Å². The molecule has 0 aromatic heterocycles. The first-order valence-corrected chi connectivity index (χ1v) is 8.08. The molecule has 1 aromatic carbocycles. The summed E-state index contributed by atoms with van der Waals surface area (Å²) in [6.45, 7) is 3.96. The van der Waals surface area contributed by atoms with E-state index in [9.17, 15) is 9.59 Å². The second kappa shape index (κ2) is 7.92. The molecule has 1 N–H and O–H groups in total. The Balaban J connectivity index is 2.56. The lowest BCUT2D eigenvalue weighted by Crippen LogP contribution is -2.46. The fourth-order valence-corrected chi connectivity index (χ4v) is 2.67. The molecule has 1 aliphatic rings. The minimum Gasteiger partial charge on any atom is -0.497 e. The Morgan fingerprint density at radius 3 is 2.60 bits per heavy atom. The maximum Gasteiger partial charge on any atom is 0.338 e. The van der Waals surface area contributed by atoms with Crippen molar-refractivity contribution < 1.29 is 23.8 Å². The first-order chi connectivity index (χ1) is 11.9. The van der Waals surface area contributed by atoms with Gasteiger partial charge in [0.05, 0.1) is 32.4 Å². The Bertz CT molecular complexity index is 699. The number of esters is 1. The molecule has 2 rings (SSSR count). The van der Waals surface area contributed by atoms with Crippen LogP contribution in [-0.2, 0) is 9.53 Å². The number of carbonyl (C=O) groups excluding carboxylic acids is 2. The normalized spacial score (nSPS) is 17.2. The van der Waals surface area contributed by atoms with Crippen LogP contribution < -0.4 is 14.8 Å². The molecule has 1 heterocycles. The predicted octanol–water partition coefficient (Wildman–Crippen LogP) is 2.63. The van der Waals surface area contributed by atoms with Crippen LogP contribution in [-0.4, -0.2) is 44.8 Å². The van der Waals surface area contributed by atoms with Gasteiger partial charge in [0.15, 0.2) is 0 Å². The van der Waals surface area contributed by atoms with E-state index in [-0.39, 0.29) is 6.03 Å². The van der Waals surface area contributed by atoms with Crippen molar-refractivity contribution in [3.8, 4) is 11.5 Å². The maximum atomic E-state index is 12.6. The molecule has 0 aliphatic carbocycles. The number of nitrogens with zero attached hydrogens (tertiary/aromatic N) is 1. The van der Waals surface area contributed by atoms with E-state index < -0.39 is 12.0 Å². The number of methoxy groups -OCH3 is 2. The average molecular weight is 348 g/mol. The zero-order valence-corrected chi connectivity index (χ0v) is 15.2. The number of ether oxygens (including phenoxy) is 3. The Labute approximate surface area is 147 Å². The lowest BCUT2D eigenvalue weighted by Gasteiger charge is -2.33. The number of allylic oxidation sites excluding steroid dienone is 1. The van der Waals surface area contributed by atoms with Gasteiger partial charge in [-0.1, -0.05) is 6.92 Å². The molecule has 0 bridgehead atoms. The molecule has 2 amide bonds. The van der Waals surface area contributed by atoms with Crippen LogP contribution in [0.5, 0.6) is 11.5 Å². The molecular weight excluding hydrogens is 324 g/mol. The van der Waals surface area contributed by atoms with Crippen LogP contribution >= 0.6 is 0 Å². The summed E-state index contributed by atoms with van der Waals surface area (Å²) >= 11 is 0. The van der Waals surface area contributed by atoms with Gasteiger partial charge in [-0.25, -0.2) is 9.59 Å². The molecule has 0 fully saturated rings. The topological polar surface area (TPSA) is 77.1 Å². The quantitative estimate of drug-likeness (QED) is 0.800. The molecule has 1 aliphatic heterocycles. The van der Waals surface area contributed by atoms with Gasteiger partial charge >= 0.3 is 12.0 Å². The molecule has 1 atom stereocenters. The van der Waals surface area contributed by atoms with E-state index in [0.29, 0.717) is 41.4 Å². The highest BCUT2D eigenvalue weighted by molar-refractivity contribution is 5.95.